The molecule has 0 aliphatic rings. The zero-order valence-electron chi connectivity index (χ0n) is 5.94. The molecule has 0 bridgehead atoms. The number of hydrogen-bond donors (Lipinski definition) is 1. The fraction of sp³-hybridized carbons (Fsp3) is 1.00. The van der Waals surface area contributed by atoms with Crippen LogP contribution in [0.2, 0.25) is 0 Å². The molecule has 0 rings (SSSR count). The Morgan fingerprint density at radius 2 is 1.38 bits per heavy atom. The van der Waals surface area contributed by atoms with Gasteiger partial charge in [-0.1, -0.05) is 0 Å². The molecule has 1 N–H and O–H groups in total. The van der Waals surface area contributed by atoms with E-state index in [4.69, 9.17) is 4.55 Å². The van der Waals surface area contributed by atoms with Crippen LogP contribution in [-0.2, 0) is 20.0 Å². The number of rotatable bonds is 3. The summed E-state index contributed by atoms with van der Waals surface area (Å²) in [6, 6.07) is 0. The molecule has 0 unspecified atom stereocenters. The summed E-state index contributed by atoms with van der Waals surface area (Å²) in [4.78, 5) is 0. The van der Waals surface area contributed by atoms with Crippen LogP contribution in [0.15, 0.2) is 0 Å². The van der Waals surface area contributed by atoms with Gasteiger partial charge in [-0.05, 0) is 0 Å². The molecule has 0 aromatic carbocycles. The molecule has 5 nitrogen and oxygen atoms in total. The van der Waals surface area contributed by atoms with Gasteiger partial charge in [-0.15, -0.1) is 0 Å². The lowest BCUT2D eigenvalue weighted by Crippen LogP contribution is -2.29. The van der Waals surface area contributed by atoms with Crippen LogP contribution in [0.25, 0.3) is 0 Å². The van der Waals surface area contributed by atoms with Crippen molar-refractivity contribution in [1.82, 2.24) is 0 Å². The maximum atomic E-state index is 11.5. The lowest BCUT2D eigenvalue weighted by molar-refractivity contribution is -0.0434. The van der Waals surface area contributed by atoms with E-state index in [0.29, 0.717) is 0 Å². The second-order valence-corrected chi connectivity index (χ2v) is 5.72. The molecule has 0 heterocycles. The van der Waals surface area contributed by atoms with E-state index in [0.717, 1.165) is 0 Å². The second kappa shape index (κ2) is 3.42. The quantitative estimate of drug-likeness (QED) is 0.693. The molecule has 13 heavy (non-hydrogen) atoms. The molecule has 80 valence electrons. The molecular weight excluding hydrogens is 237 g/mol. The summed E-state index contributed by atoms with van der Waals surface area (Å²) < 4.78 is 82.9. The Labute approximate surface area is 72.2 Å². The van der Waals surface area contributed by atoms with E-state index in [-0.39, 0.29) is 0 Å². The first-order valence-electron chi connectivity index (χ1n) is 2.70. The third-order valence-electron chi connectivity index (χ3n) is 0.963. The number of halogens is 3. The molecular formula is C3H5F3O5S2. The molecule has 0 saturated heterocycles. The summed E-state index contributed by atoms with van der Waals surface area (Å²) in [6.07, 6.45) is 0. The normalized spacial score (nSPS) is 14.5. The fourth-order valence-corrected chi connectivity index (χ4v) is 2.28. The average Bonchev–Trinajstić information content (AvgIpc) is 1.79. The highest BCUT2D eigenvalue weighted by atomic mass is 32.2. The van der Waals surface area contributed by atoms with Gasteiger partial charge in [0.05, 0.1) is 11.5 Å². The Balaban J connectivity index is 4.59. The van der Waals surface area contributed by atoms with Crippen molar-refractivity contribution >= 4 is 20.0 Å². The van der Waals surface area contributed by atoms with Crippen molar-refractivity contribution in [3.63, 3.8) is 0 Å². The third kappa shape index (κ3) is 4.43. The Kier molecular flexibility index (Phi) is 3.33. The van der Waals surface area contributed by atoms with Crippen LogP contribution in [0.1, 0.15) is 0 Å². The van der Waals surface area contributed by atoms with E-state index >= 15 is 0 Å². The molecule has 0 radical (unpaired) electrons. The lowest BCUT2D eigenvalue weighted by Gasteiger charge is -2.05. The zero-order valence-corrected chi connectivity index (χ0v) is 7.58. The van der Waals surface area contributed by atoms with Crippen molar-refractivity contribution in [3.8, 4) is 0 Å². The molecule has 0 spiro atoms. The van der Waals surface area contributed by atoms with Crippen molar-refractivity contribution in [2.45, 2.75) is 5.51 Å². The predicted octanol–water partition coefficient (Wildman–Crippen LogP) is -0.191. The minimum atomic E-state index is -5.49. The fourth-order valence-electron chi connectivity index (χ4n) is 0.331. The molecule has 0 aromatic heterocycles. The predicted molar refractivity (Wildman–Crippen MR) is 36.3 cm³/mol. The van der Waals surface area contributed by atoms with Crippen molar-refractivity contribution in [2.24, 2.45) is 0 Å². The van der Waals surface area contributed by atoms with E-state index in [1.807, 2.05) is 0 Å². The third-order valence-corrected chi connectivity index (χ3v) is 3.39. The van der Waals surface area contributed by atoms with E-state index < -0.39 is 37.0 Å². The van der Waals surface area contributed by atoms with Crippen LogP contribution in [0, 0.1) is 0 Å². The molecule has 0 aliphatic heterocycles. The van der Waals surface area contributed by atoms with Crippen LogP contribution in [0.4, 0.5) is 13.2 Å². The smallest absolute Gasteiger partial charge is 0.286 e. The monoisotopic (exact) mass is 242 g/mol. The van der Waals surface area contributed by atoms with Gasteiger partial charge in [0.15, 0.2) is 0 Å². The average molecular weight is 242 g/mol. The van der Waals surface area contributed by atoms with Crippen LogP contribution >= 0.6 is 0 Å². The Morgan fingerprint density at radius 3 is 1.62 bits per heavy atom. The SMILES string of the molecule is O=S(=O)(O)CCS(=O)(=O)C(F)(F)F. The van der Waals surface area contributed by atoms with Gasteiger partial charge in [0.2, 0.25) is 9.84 Å². The highest BCUT2D eigenvalue weighted by molar-refractivity contribution is 7.93. The molecule has 0 saturated carbocycles. The van der Waals surface area contributed by atoms with Crippen molar-refractivity contribution < 1.29 is 34.6 Å². The summed E-state index contributed by atoms with van der Waals surface area (Å²) in [7, 11) is -10.2. The van der Waals surface area contributed by atoms with Gasteiger partial charge in [-0.25, -0.2) is 8.42 Å². The minimum Gasteiger partial charge on any atom is -0.286 e. The topological polar surface area (TPSA) is 88.5 Å². The van der Waals surface area contributed by atoms with Crippen LogP contribution in [-0.4, -0.2) is 38.4 Å². The summed E-state index contributed by atoms with van der Waals surface area (Å²) in [5.41, 5.74) is -5.49. The molecule has 0 amide bonds. The first-order chi connectivity index (χ1) is 5.46. The van der Waals surface area contributed by atoms with Gasteiger partial charge in [-0.2, -0.15) is 21.6 Å². The lowest BCUT2D eigenvalue weighted by atomic mass is 11.0. The molecule has 0 atom stereocenters. The number of alkyl halides is 3. The Bertz CT molecular complexity index is 362. The maximum absolute atomic E-state index is 11.5. The summed E-state index contributed by atoms with van der Waals surface area (Å²) in [5.74, 6) is -3.13. The van der Waals surface area contributed by atoms with E-state index in [1.54, 1.807) is 0 Å². The van der Waals surface area contributed by atoms with Gasteiger partial charge in [0.25, 0.3) is 10.1 Å². The largest absolute Gasteiger partial charge is 0.497 e. The maximum Gasteiger partial charge on any atom is 0.497 e. The molecule has 0 fully saturated rings. The molecule has 10 heteroatoms. The van der Waals surface area contributed by atoms with Gasteiger partial charge in [-0.3, -0.25) is 4.55 Å². The van der Waals surface area contributed by atoms with Crippen molar-refractivity contribution in [3.05, 3.63) is 0 Å². The molecule has 0 aliphatic carbocycles. The van der Waals surface area contributed by atoms with Crippen LogP contribution in [0.3, 0.4) is 0 Å². The summed E-state index contributed by atoms with van der Waals surface area (Å²) >= 11 is 0. The highest BCUT2D eigenvalue weighted by Crippen LogP contribution is 2.23. The summed E-state index contributed by atoms with van der Waals surface area (Å²) in [6.45, 7) is 0. The van der Waals surface area contributed by atoms with Crippen molar-refractivity contribution in [2.75, 3.05) is 11.5 Å². The standard InChI is InChI=1S/C3H5F3O5S2/c4-3(5,6)12(7,8)1-2-13(9,10)11/h1-2H2,(H,9,10,11). The first-order valence-corrected chi connectivity index (χ1v) is 5.96. The molecule has 0 aromatic rings. The van der Waals surface area contributed by atoms with Gasteiger partial charge >= 0.3 is 5.51 Å². The van der Waals surface area contributed by atoms with E-state index in [2.05, 4.69) is 0 Å². The zero-order chi connectivity index (χ0) is 10.9. The Hall–Kier alpha value is -0.350. The summed E-state index contributed by atoms with van der Waals surface area (Å²) in [5, 5.41) is 0. The van der Waals surface area contributed by atoms with Gasteiger partial charge in [0, 0.05) is 0 Å². The van der Waals surface area contributed by atoms with Crippen LogP contribution in [0.5, 0.6) is 0 Å². The van der Waals surface area contributed by atoms with Crippen LogP contribution < -0.4 is 0 Å². The van der Waals surface area contributed by atoms with Crippen molar-refractivity contribution in [1.29, 1.82) is 0 Å². The number of hydrogen-bond acceptors (Lipinski definition) is 4. The second-order valence-electron chi connectivity index (χ2n) is 2.05. The van der Waals surface area contributed by atoms with E-state index in [9.17, 15) is 30.0 Å². The van der Waals surface area contributed by atoms with E-state index in [1.165, 1.54) is 0 Å². The first kappa shape index (κ1) is 12.7. The number of sulfone groups is 1. The van der Waals surface area contributed by atoms with Gasteiger partial charge in [0.1, 0.15) is 0 Å². The minimum absolute atomic E-state index is 1.46. The highest BCUT2D eigenvalue weighted by Gasteiger charge is 2.45. The Morgan fingerprint density at radius 1 is 1.00 bits per heavy atom. The van der Waals surface area contributed by atoms with Gasteiger partial charge < -0.3 is 0 Å².